The van der Waals surface area contributed by atoms with Gasteiger partial charge in [-0.05, 0) is 55.2 Å². The average molecular weight is 426 g/mol. The Kier molecular flexibility index (Phi) is 6.09. The third kappa shape index (κ3) is 4.36. The van der Waals surface area contributed by atoms with E-state index < -0.39 is 0 Å². The predicted molar refractivity (Wildman–Crippen MR) is 123 cm³/mol. The molecule has 1 aliphatic rings. The summed E-state index contributed by atoms with van der Waals surface area (Å²) in [4.78, 5) is 29.0. The van der Waals surface area contributed by atoms with E-state index in [1.54, 1.807) is 17.7 Å². The van der Waals surface area contributed by atoms with Crippen molar-refractivity contribution in [3.05, 3.63) is 40.0 Å². The number of rotatable bonds is 7. The lowest BCUT2D eigenvalue weighted by Gasteiger charge is -2.26. The molecule has 0 aromatic carbocycles. The molecule has 3 heterocycles. The van der Waals surface area contributed by atoms with Gasteiger partial charge in [-0.2, -0.15) is 0 Å². The van der Waals surface area contributed by atoms with E-state index in [4.69, 9.17) is 0 Å². The summed E-state index contributed by atoms with van der Waals surface area (Å²) in [7, 11) is 1.91. The number of nitrogens with one attached hydrogen (secondary N) is 2. The van der Waals surface area contributed by atoms with Crippen molar-refractivity contribution in [3.63, 3.8) is 0 Å². The fourth-order valence-corrected chi connectivity index (χ4v) is 5.37. The maximum atomic E-state index is 13.0. The van der Waals surface area contributed by atoms with Crippen LogP contribution in [-0.2, 0) is 12.8 Å². The lowest BCUT2D eigenvalue weighted by molar-refractivity contribution is 0.0794. The number of carbonyl (C=O) groups is 1. The zero-order chi connectivity index (χ0) is 21.3. The summed E-state index contributed by atoms with van der Waals surface area (Å²) in [5.41, 5.74) is 2.22. The van der Waals surface area contributed by atoms with Crippen LogP contribution in [-0.4, -0.2) is 45.4 Å². The summed E-state index contributed by atoms with van der Waals surface area (Å²) in [6.45, 7) is 7.40. The molecule has 0 radical (unpaired) electrons. The molecule has 2 N–H and O–H groups in total. The molecule has 2 atom stereocenters. The Hall–Kier alpha value is -2.41. The van der Waals surface area contributed by atoms with Crippen molar-refractivity contribution in [1.82, 2.24) is 19.9 Å². The third-order valence-corrected chi connectivity index (χ3v) is 7.37. The van der Waals surface area contributed by atoms with Gasteiger partial charge in [-0.3, -0.25) is 4.79 Å². The van der Waals surface area contributed by atoms with Crippen molar-refractivity contribution >= 4 is 34.1 Å². The van der Waals surface area contributed by atoms with Gasteiger partial charge in [-0.1, -0.05) is 20.8 Å². The van der Waals surface area contributed by atoms with Crippen LogP contribution in [0, 0.1) is 11.8 Å². The second-order valence-corrected chi connectivity index (χ2v) is 10.0. The number of hydrogen-bond donors (Lipinski definition) is 2. The van der Waals surface area contributed by atoms with Crippen LogP contribution in [0.15, 0.2) is 24.7 Å². The number of aromatic amines is 1. The molecule has 0 saturated carbocycles. The molecule has 1 amide bonds. The molecule has 0 saturated heterocycles. The van der Waals surface area contributed by atoms with Crippen LogP contribution < -0.4 is 5.32 Å². The number of carbonyl (C=O) groups excluding carboxylic acids is 1. The van der Waals surface area contributed by atoms with Crippen LogP contribution in [0.3, 0.4) is 0 Å². The minimum atomic E-state index is 0.139. The van der Waals surface area contributed by atoms with Crippen molar-refractivity contribution in [2.45, 2.75) is 52.5 Å². The fourth-order valence-electron chi connectivity index (χ4n) is 4.17. The Balaban J connectivity index is 1.40. The maximum Gasteiger partial charge on any atom is 0.263 e. The van der Waals surface area contributed by atoms with E-state index in [9.17, 15) is 4.79 Å². The van der Waals surface area contributed by atoms with Gasteiger partial charge in [0.25, 0.3) is 5.91 Å². The summed E-state index contributed by atoms with van der Waals surface area (Å²) in [6, 6.07) is 4.34. The maximum absolute atomic E-state index is 13.0. The average Bonchev–Trinajstić information content (AvgIpc) is 3.36. The molecule has 4 rings (SSSR count). The van der Waals surface area contributed by atoms with E-state index in [-0.39, 0.29) is 11.9 Å². The number of nitrogens with zero attached hydrogens (tertiary/aromatic N) is 3. The lowest BCUT2D eigenvalue weighted by atomic mass is 9.90. The van der Waals surface area contributed by atoms with E-state index in [0.29, 0.717) is 12.5 Å². The number of aryl methyl sites for hydroxylation is 1. The first-order valence-corrected chi connectivity index (χ1v) is 11.7. The molecule has 30 heavy (non-hydrogen) atoms. The molecule has 7 heteroatoms. The summed E-state index contributed by atoms with van der Waals surface area (Å²) in [5, 5.41) is 4.57. The van der Waals surface area contributed by atoms with Crippen LogP contribution in [0.4, 0.5) is 5.82 Å². The Labute approximate surface area is 182 Å². The Morgan fingerprint density at radius 1 is 1.40 bits per heavy atom. The van der Waals surface area contributed by atoms with Crippen LogP contribution in [0.2, 0.25) is 0 Å². The van der Waals surface area contributed by atoms with Crippen LogP contribution in [0.1, 0.15) is 53.7 Å². The molecular weight excluding hydrogens is 394 g/mol. The van der Waals surface area contributed by atoms with E-state index in [2.05, 4.69) is 47.1 Å². The van der Waals surface area contributed by atoms with Gasteiger partial charge in [0.05, 0.1) is 10.3 Å². The molecule has 0 aliphatic heterocycles. The Morgan fingerprint density at radius 3 is 3.03 bits per heavy atom. The fraction of sp³-hybridized carbons (Fsp3) is 0.522. The van der Waals surface area contributed by atoms with Gasteiger partial charge in [0.15, 0.2) is 0 Å². The van der Waals surface area contributed by atoms with E-state index in [1.807, 2.05) is 24.2 Å². The number of thiophene rings is 1. The highest BCUT2D eigenvalue weighted by Crippen LogP contribution is 2.32. The zero-order valence-electron chi connectivity index (χ0n) is 18.2. The van der Waals surface area contributed by atoms with E-state index in [0.717, 1.165) is 46.9 Å². The molecule has 6 nitrogen and oxygen atoms in total. The Morgan fingerprint density at radius 2 is 2.23 bits per heavy atom. The molecule has 160 valence electrons. The van der Waals surface area contributed by atoms with E-state index >= 15 is 0 Å². The van der Waals surface area contributed by atoms with E-state index in [1.165, 1.54) is 16.9 Å². The third-order valence-electron chi connectivity index (χ3n) is 6.14. The number of H-pyrrole nitrogens is 1. The number of hydrogen-bond acceptors (Lipinski definition) is 5. The topological polar surface area (TPSA) is 73.9 Å². The first-order chi connectivity index (χ1) is 14.4. The second kappa shape index (κ2) is 8.76. The van der Waals surface area contributed by atoms with Gasteiger partial charge in [0, 0.05) is 30.7 Å². The van der Waals surface area contributed by atoms with Crippen molar-refractivity contribution in [1.29, 1.82) is 0 Å². The summed E-state index contributed by atoms with van der Waals surface area (Å²) in [5.74, 6) is 2.11. The van der Waals surface area contributed by atoms with Gasteiger partial charge in [0.1, 0.15) is 17.8 Å². The number of aromatic nitrogens is 3. The van der Waals surface area contributed by atoms with Crippen LogP contribution in [0.25, 0.3) is 11.0 Å². The van der Waals surface area contributed by atoms with Crippen molar-refractivity contribution in [3.8, 4) is 0 Å². The molecule has 0 bridgehead atoms. The van der Waals surface area contributed by atoms with Crippen molar-refractivity contribution in [2.75, 3.05) is 18.9 Å². The first-order valence-electron chi connectivity index (χ1n) is 10.8. The first kappa shape index (κ1) is 20.8. The molecule has 0 spiro atoms. The molecule has 3 aromatic rings. The standard InChI is InChI=1S/C23H31N5OS/c1-14(2)18(27-22-17-7-9-24-21(17)25-13-26-22)8-10-28(4)23(29)20-12-16-11-15(3)5-6-19(16)30-20/h7,9,12-15,18H,5-6,8,10-11H2,1-4H3,(H2,24,25,26,27)/t15-,18+/m0/s1. The number of fused-ring (bicyclic) bond motifs is 2. The second-order valence-electron chi connectivity index (χ2n) is 8.88. The largest absolute Gasteiger partial charge is 0.366 e. The minimum Gasteiger partial charge on any atom is -0.366 e. The van der Waals surface area contributed by atoms with Gasteiger partial charge in [-0.25, -0.2) is 9.97 Å². The van der Waals surface area contributed by atoms with Crippen molar-refractivity contribution < 1.29 is 4.79 Å². The Bertz CT molecular complexity index is 1020. The van der Waals surface area contributed by atoms with Gasteiger partial charge >= 0.3 is 0 Å². The summed E-state index contributed by atoms with van der Waals surface area (Å²) in [6.07, 6.45) is 7.77. The SMILES string of the molecule is CC(C)[C@@H](CCN(C)C(=O)c1cc2c(s1)CC[C@H](C)C2)Nc1ncnc2[nH]ccc12. The molecule has 3 aromatic heterocycles. The molecule has 0 fully saturated rings. The van der Waals surface area contributed by atoms with Crippen LogP contribution >= 0.6 is 11.3 Å². The zero-order valence-corrected chi connectivity index (χ0v) is 19.1. The highest BCUT2D eigenvalue weighted by Gasteiger charge is 2.23. The molecular formula is C23H31N5OS. The molecule has 1 aliphatic carbocycles. The molecule has 0 unspecified atom stereocenters. The van der Waals surface area contributed by atoms with Gasteiger partial charge < -0.3 is 15.2 Å². The number of amides is 1. The lowest BCUT2D eigenvalue weighted by Crippen LogP contribution is -2.34. The van der Waals surface area contributed by atoms with Gasteiger partial charge in [-0.15, -0.1) is 11.3 Å². The highest BCUT2D eigenvalue weighted by molar-refractivity contribution is 7.14. The van der Waals surface area contributed by atoms with Gasteiger partial charge in [0.2, 0.25) is 0 Å². The normalized spacial score (nSPS) is 17.2. The summed E-state index contributed by atoms with van der Waals surface area (Å²) >= 11 is 1.69. The van der Waals surface area contributed by atoms with Crippen LogP contribution in [0.5, 0.6) is 0 Å². The quantitative estimate of drug-likeness (QED) is 0.573. The summed E-state index contributed by atoms with van der Waals surface area (Å²) < 4.78 is 0. The minimum absolute atomic E-state index is 0.139. The van der Waals surface area contributed by atoms with Crippen molar-refractivity contribution in [2.24, 2.45) is 11.8 Å². The monoisotopic (exact) mass is 425 g/mol. The number of anilines is 1. The predicted octanol–water partition coefficient (Wildman–Crippen LogP) is 4.74. The highest BCUT2D eigenvalue weighted by atomic mass is 32.1. The smallest absolute Gasteiger partial charge is 0.263 e.